The monoisotopic (exact) mass is 305 g/mol. The maximum atomic E-state index is 13.5. The number of hydrogen-bond donors (Lipinski definition) is 1. The second kappa shape index (κ2) is 7.08. The van der Waals surface area contributed by atoms with Gasteiger partial charge in [0.25, 0.3) is 0 Å². The van der Waals surface area contributed by atoms with Crippen LogP contribution in [0.4, 0.5) is 10.2 Å². The lowest BCUT2D eigenvalue weighted by atomic mass is 10.2. The molecule has 2 aromatic rings. The molecule has 6 heteroatoms. The van der Waals surface area contributed by atoms with Crippen molar-refractivity contribution in [3.63, 3.8) is 0 Å². The number of carbonyl (C=O) groups is 1. The molecule has 0 spiro atoms. The maximum absolute atomic E-state index is 13.5. The van der Waals surface area contributed by atoms with Gasteiger partial charge in [0.1, 0.15) is 11.6 Å². The van der Waals surface area contributed by atoms with Crippen molar-refractivity contribution >= 4 is 23.5 Å². The molecule has 21 heavy (non-hydrogen) atoms. The van der Waals surface area contributed by atoms with Gasteiger partial charge in [-0.15, -0.1) is 11.8 Å². The van der Waals surface area contributed by atoms with Gasteiger partial charge in [0.05, 0.1) is 5.75 Å². The maximum Gasteiger partial charge on any atom is 0.232 e. The van der Waals surface area contributed by atoms with Crippen LogP contribution in [0.15, 0.2) is 47.5 Å². The summed E-state index contributed by atoms with van der Waals surface area (Å²) in [4.78, 5) is 18.4. The zero-order valence-electron chi connectivity index (χ0n) is 11.6. The standard InChI is InChI=1S/C15H16FN3OS/c1-19(9-11-4-2-3-5-13(11)16)15(20)10-21-12-6-7-14(17)18-8-12/h2-8H,9-10H2,1H3,(H2,17,18). The summed E-state index contributed by atoms with van der Waals surface area (Å²) in [6.45, 7) is 0.256. The highest BCUT2D eigenvalue weighted by molar-refractivity contribution is 8.00. The van der Waals surface area contributed by atoms with Gasteiger partial charge in [0.15, 0.2) is 0 Å². The van der Waals surface area contributed by atoms with Crippen molar-refractivity contribution in [1.29, 1.82) is 0 Å². The van der Waals surface area contributed by atoms with E-state index in [1.165, 1.54) is 22.7 Å². The first-order valence-electron chi connectivity index (χ1n) is 6.38. The molecule has 0 aliphatic carbocycles. The second-order valence-corrected chi connectivity index (χ2v) is 5.60. The molecule has 0 saturated carbocycles. The number of carbonyl (C=O) groups excluding carboxylic acids is 1. The van der Waals surface area contributed by atoms with E-state index < -0.39 is 0 Å². The summed E-state index contributed by atoms with van der Waals surface area (Å²) in [7, 11) is 1.66. The molecule has 1 aromatic heterocycles. The third-order valence-corrected chi connectivity index (χ3v) is 3.88. The van der Waals surface area contributed by atoms with Gasteiger partial charge in [-0.2, -0.15) is 0 Å². The number of benzene rings is 1. The lowest BCUT2D eigenvalue weighted by Gasteiger charge is -2.17. The highest BCUT2D eigenvalue weighted by atomic mass is 32.2. The van der Waals surface area contributed by atoms with Gasteiger partial charge in [-0.1, -0.05) is 18.2 Å². The summed E-state index contributed by atoms with van der Waals surface area (Å²) in [6.07, 6.45) is 1.63. The fourth-order valence-electron chi connectivity index (χ4n) is 1.70. The van der Waals surface area contributed by atoms with E-state index >= 15 is 0 Å². The van der Waals surface area contributed by atoms with Gasteiger partial charge < -0.3 is 10.6 Å². The van der Waals surface area contributed by atoms with Crippen molar-refractivity contribution in [2.24, 2.45) is 0 Å². The van der Waals surface area contributed by atoms with E-state index in [2.05, 4.69) is 4.98 Å². The first kappa shape index (κ1) is 15.3. The average molecular weight is 305 g/mol. The molecular formula is C15H16FN3OS. The summed E-state index contributed by atoms with van der Waals surface area (Å²) in [5, 5.41) is 0. The minimum absolute atomic E-state index is 0.0694. The molecule has 0 atom stereocenters. The predicted octanol–water partition coefficient (Wildman–Crippen LogP) is 2.55. The SMILES string of the molecule is CN(Cc1ccccc1F)C(=O)CSc1ccc(N)nc1. The van der Waals surface area contributed by atoms with E-state index in [0.717, 1.165) is 4.90 Å². The van der Waals surface area contributed by atoms with Crippen LogP contribution in [-0.2, 0) is 11.3 Å². The summed E-state index contributed by atoms with van der Waals surface area (Å²) >= 11 is 1.38. The normalized spacial score (nSPS) is 10.4. The fraction of sp³-hybridized carbons (Fsp3) is 0.200. The molecule has 0 aliphatic heterocycles. The van der Waals surface area contributed by atoms with Crippen LogP contribution in [0.1, 0.15) is 5.56 Å². The first-order chi connectivity index (χ1) is 10.1. The average Bonchev–Trinajstić information content (AvgIpc) is 2.48. The van der Waals surface area contributed by atoms with Crippen LogP contribution < -0.4 is 5.73 Å². The highest BCUT2D eigenvalue weighted by Crippen LogP contribution is 2.18. The number of pyridine rings is 1. The Morgan fingerprint density at radius 1 is 1.33 bits per heavy atom. The largest absolute Gasteiger partial charge is 0.384 e. The van der Waals surface area contributed by atoms with Gasteiger partial charge in [0.2, 0.25) is 5.91 Å². The quantitative estimate of drug-likeness (QED) is 0.863. The van der Waals surface area contributed by atoms with Crippen LogP contribution in [0, 0.1) is 5.82 Å². The van der Waals surface area contributed by atoms with E-state index in [1.807, 2.05) is 6.07 Å². The molecule has 110 valence electrons. The Morgan fingerprint density at radius 2 is 2.10 bits per heavy atom. The Bertz CT molecular complexity index is 619. The third kappa shape index (κ3) is 4.46. The summed E-state index contributed by atoms with van der Waals surface area (Å²) < 4.78 is 13.5. The molecule has 0 unspecified atom stereocenters. The number of halogens is 1. The molecule has 2 N–H and O–H groups in total. The van der Waals surface area contributed by atoms with Crippen molar-refractivity contribution in [3.05, 3.63) is 54.0 Å². The van der Waals surface area contributed by atoms with Crippen LogP contribution in [0.5, 0.6) is 0 Å². The molecule has 0 fully saturated rings. The summed E-state index contributed by atoms with van der Waals surface area (Å²) in [5.41, 5.74) is 6.01. The number of hydrogen-bond acceptors (Lipinski definition) is 4. The molecule has 2 rings (SSSR count). The van der Waals surface area contributed by atoms with Crippen LogP contribution in [0.25, 0.3) is 0 Å². The van der Waals surface area contributed by atoms with Gasteiger partial charge in [0, 0.05) is 30.2 Å². The van der Waals surface area contributed by atoms with E-state index in [9.17, 15) is 9.18 Å². The lowest BCUT2D eigenvalue weighted by molar-refractivity contribution is -0.127. The molecule has 1 aromatic carbocycles. The molecular weight excluding hydrogens is 289 g/mol. The second-order valence-electron chi connectivity index (χ2n) is 4.55. The fourth-order valence-corrected chi connectivity index (χ4v) is 2.50. The lowest BCUT2D eigenvalue weighted by Crippen LogP contribution is -2.28. The number of rotatable bonds is 5. The molecule has 0 bridgehead atoms. The van der Waals surface area contributed by atoms with Gasteiger partial charge in [-0.05, 0) is 18.2 Å². The number of nitrogens with two attached hydrogens (primary N) is 1. The molecule has 0 saturated heterocycles. The number of anilines is 1. The van der Waals surface area contributed by atoms with Crippen LogP contribution >= 0.6 is 11.8 Å². The minimum Gasteiger partial charge on any atom is -0.384 e. The molecule has 1 amide bonds. The van der Waals surface area contributed by atoms with Crippen LogP contribution in [0.3, 0.4) is 0 Å². The van der Waals surface area contributed by atoms with E-state index in [1.54, 1.807) is 37.5 Å². The number of nitrogens with zero attached hydrogens (tertiary/aromatic N) is 2. The van der Waals surface area contributed by atoms with Crippen LogP contribution in [0.2, 0.25) is 0 Å². The highest BCUT2D eigenvalue weighted by Gasteiger charge is 2.12. The Hall–Kier alpha value is -2.08. The number of amides is 1. The molecule has 1 heterocycles. The topological polar surface area (TPSA) is 59.2 Å². The van der Waals surface area contributed by atoms with Crippen molar-refractivity contribution in [2.75, 3.05) is 18.5 Å². The van der Waals surface area contributed by atoms with E-state index in [-0.39, 0.29) is 24.0 Å². The Balaban J connectivity index is 1.88. The zero-order valence-corrected chi connectivity index (χ0v) is 12.4. The third-order valence-electron chi connectivity index (χ3n) is 2.91. The summed E-state index contributed by atoms with van der Waals surface area (Å²) in [5.74, 6) is 0.353. The smallest absolute Gasteiger partial charge is 0.232 e. The molecule has 0 aliphatic rings. The zero-order chi connectivity index (χ0) is 15.2. The van der Waals surface area contributed by atoms with Gasteiger partial charge in [-0.3, -0.25) is 4.79 Å². The molecule has 4 nitrogen and oxygen atoms in total. The number of aromatic nitrogens is 1. The van der Waals surface area contributed by atoms with E-state index in [4.69, 9.17) is 5.73 Å². The van der Waals surface area contributed by atoms with Gasteiger partial charge in [-0.25, -0.2) is 9.37 Å². The van der Waals surface area contributed by atoms with Crippen molar-refractivity contribution < 1.29 is 9.18 Å². The Morgan fingerprint density at radius 3 is 2.76 bits per heavy atom. The Labute approximate surface area is 127 Å². The summed E-state index contributed by atoms with van der Waals surface area (Å²) in [6, 6.07) is 9.96. The van der Waals surface area contributed by atoms with Crippen molar-refractivity contribution in [2.45, 2.75) is 11.4 Å². The van der Waals surface area contributed by atoms with E-state index in [0.29, 0.717) is 11.4 Å². The first-order valence-corrected chi connectivity index (χ1v) is 7.36. The Kier molecular flexibility index (Phi) is 5.16. The van der Waals surface area contributed by atoms with Crippen molar-refractivity contribution in [3.8, 4) is 0 Å². The number of thioether (sulfide) groups is 1. The molecule has 0 radical (unpaired) electrons. The van der Waals surface area contributed by atoms with Gasteiger partial charge >= 0.3 is 0 Å². The number of nitrogen functional groups attached to an aromatic ring is 1. The minimum atomic E-state index is -0.299. The predicted molar refractivity (Wildman–Crippen MR) is 82.2 cm³/mol. The van der Waals surface area contributed by atoms with Crippen molar-refractivity contribution in [1.82, 2.24) is 9.88 Å². The van der Waals surface area contributed by atoms with Crippen LogP contribution in [-0.4, -0.2) is 28.6 Å².